The van der Waals surface area contributed by atoms with Crippen molar-refractivity contribution in [1.82, 2.24) is 4.98 Å². The highest BCUT2D eigenvalue weighted by molar-refractivity contribution is 5.42. The Morgan fingerprint density at radius 1 is 1.28 bits per heavy atom. The highest BCUT2D eigenvalue weighted by Gasteiger charge is 2.02. The molecule has 0 bridgehead atoms. The van der Waals surface area contributed by atoms with E-state index in [1.165, 1.54) is 12.1 Å². The van der Waals surface area contributed by atoms with Crippen molar-refractivity contribution < 1.29 is 9.13 Å². The predicted octanol–water partition coefficient (Wildman–Crippen LogP) is 3.15. The van der Waals surface area contributed by atoms with Crippen molar-refractivity contribution in [2.24, 2.45) is 0 Å². The summed E-state index contributed by atoms with van der Waals surface area (Å²) in [6.07, 6.45) is 1.72. The molecule has 0 amide bonds. The molecule has 0 atom stereocenters. The van der Waals surface area contributed by atoms with E-state index in [2.05, 4.69) is 10.3 Å². The summed E-state index contributed by atoms with van der Waals surface area (Å²) in [5.41, 5.74) is 2.59. The number of hydrogen-bond acceptors (Lipinski definition) is 3. The van der Waals surface area contributed by atoms with Crippen LogP contribution in [0.5, 0.6) is 5.75 Å². The minimum absolute atomic E-state index is 0.254. The molecule has 2 rings (SSSR count). The fourth-order valence-corrected chi connectivity index (χ4v) is 1.64. The molecule has 0 spiro atoms. The summed E-state index contributed by atoms with van der Waals surface area (Å²) in [5, 5.41) is 3.04. The summed E-state index contributed by atoms with van der Waals surface area (Å²) < 4.78 is 18.6. The molecular formula is C14H15FN2O. The summed E-state index contributed by atoms with van der Waals surface area (Å²) in [6, 6.07) is 8.27. The van der Waals surface area contributed by atoms with Gasteiger partial charge < -0.3 is 10.1 Å². The predicted molar refractivity (Wildman–Crippen MR) is 69.3 cm³/mol. The molecule has 0 radical (unpaired) electrons. The van der Waals surface area contributed by atoms with E-state index in [9.17, 15) is 4.39 Å². The van der Waals surface area contributed by atoms with Gasteiger partial charge in [0, 0.05) is 18.9 Å². The Bertz CT molecular complexity index is 543. The van der Waals surface area contributed by atoms with Gasteiger partial charge in [0.05, 0.1) is 5.69 Å². The fourth-order valence-electron chi connectivity index (χ4n) is 1.64. The van der Waals surface area contributed by atoms with Gasteiger partial charge in [-0.15, -0.1) is 0 Å². The van der Waals surface area contributed by atoms with Gasteiger partial charge in [-0.3, -0.25) is 4.98 Å². The van der Waals surface area contributed by atoms with Crippen LogP contribution in [0.4, 0.5) is 10.1 Å². The van der Waals surface area contributed by atoms with Crippen LogP contribution in [0.25, 0.3) is 0 Å². The Morgan fingerprint density at radius 3 is 2.83 bits per heavy atom. The van der Waals surface area contributed by atoms with E-state index in [0.717, 1.165) is 16.9 Å². The Hall–Kier alpha value is -2.10. The summed E-state index contributed by atoms with van der Waals surface area (Å²) in [6.45, 7) is 2.18. The topological polar surface area (TPSA) is 34.2 Å². The van der Waals surface area contributed by atoms with E-state index in [1.54, 1.807) is 12.3 Å². The number of aryl methyl sites for hydroxylation is 1. The van der Waals surface area contributed by atoms with E-state index < -0.39 is 0 Å². The maximum Gasteiger partial charge on any atom is 0.130 e. The number of benzene rings is 1. The molecule has 1 N–H and O–H groups in total. The quantitative estimate of drug-likeness (QED) is 0.899. The first-order valence-electron chi connectivity index (χ1n) is 5.70. The zero-order chi connectivity index (χ0) is 13.0. The largest absolute Gasteiger partial charge is 0.487 e. The second kappa shape index (κ2) is 5.49. The van der Waals surface area contributed by atoms with E-state index in [1.807, 2.05) is 26.1 Å². The molecule has 0 aliphatic rings. The van der Waals surface area contributed by atoms with Gasteiger partial charge in [-0.1, -0.05) is 0 Å². The number of rotatable bonds is 4. The molecule has 94 valence electrons. The first kappa shape index (κ1) is 12.4. The van der Waals surface area contributed by atoms with Crippen LogP contribution in [0.15, 0.2) is 36.5 Å². The molecule has 0 aliphatic heterocycles. The second-order valence-corrected chi connectivity index (χ2v) is 3.98. The van der Waals surface area contributed by atoms with Crippen molar-refractivity contribution in [2.45, 2.75) is 13.5 Å². The lowest BCUT2D eigenvalue weighted by molar-refractivity contribution is 0.299. The van der Waals surface area contributed by atoms with Gasteiger partial charge in [0.25, 0.3) is 0 Å². The molecule has 1 aromatic heterocycles. The molecule has 0 fully saturated rings. The number of pyridine rings is 1. The van der Waals surface area contributed by atoms with Crippen LogP contribution in [0.1, 0.15) is 11.3 Å². The number of anilines is 1. The SMILES string of the molecule is CNc1ccnc(COc2ccc(F)cc2C)c1. The Morgan fingerprint density at radius 2 is 2.11 bits per heavy atom. The molecule has 1 heterocycles. The second-order valence-electron chi connectivity index (χ2n) is 3.98. The number of aromatic nitrogens is 1. The van der Waals surface area contributed by atoms with Gasteiger partial charge in [0.1, 0.15) is 18.2 Å². The number of halogens is 1. The number of ether oxygens (including phenoxy) is 1. The number of hydrogen-bond donors (Lipinski definition) is 1. The average Bonchev–Trinajstić information content (AvgIpc) is 2.38. The Balaban J connectivity index is 2.06. The van der Waals surface area contributed by atoms with Crippen LogP contribution in [0, 0.1) is 12.7 Å². The van der Waals surface area contributed by atoms with Crippen LogP contribution in [0.2, 0.25) is 0 Å². The molecular weight excluding hydrogens is 231 g/mol. The summed E-state index contributed by atoms with van der Waals surface area (Å²) in [7, 11) is 1.85. The van der Waals surface area contributed by atoms with Crippen molar-refractivity contribution in [3.8, 4) is 5.75 Å². The van der Waals surface area contributed by atoms with Crippen LogP contribution >= 0.6 is 0 Å². The number of nitrogens with zero attached hydrogens (tertiary/aromatic N) is 1. The lowest BCUT2D eigenvalue weighted by Gasteiger charge is -2.09. The smallest absolute Gasteiger partial charge is 0.130 e. The third kappa shape index (κ3) is 2.97. The minimum Gasteiger partial charge on any atom is -0.487 e. The third-order valence-corrected chi connectivity index (χ3v) is 2.62. The molecule has 4 heteroatoms. The van der Waals surface area contributed by atoms with Crippen LogP contribution in [0.3, 0.4) is 0 Å². The maximum absolute atomic E-state index is 12.9. The van der Waals surface area contributed by atoms with Crippen molar-refractivity contribution in [3.63, 3.8) is 0 Å². The summed E-state index contributed by atoms with van der Waals surface area (Å²) in [5.74, 6) is 0.420. The van der Waals surface area contributed by atoms with Gasteiger partial charge in [-0.05, 0) is 42.8 Å². The van der Waals surface area contributed by atoms with E-state index in [0.29, 0.717) is 12.4 Å². The molecule has 18 heavy (non-hydrogen) atoms. The normalized spacial score (nSPS) is 10.2. The third-order valence-electron chi connectivity index (χ3n) is 2.62. The molecule has 0 saturated heterocycles. The van der Waals surface area contributed by atoms with E-state index in [4.69, 9.17) is 4.74 Å². The highest BCUT2D eigenvalue weighted by atomic mass is 19.1. The van der Waals surface area contributed by atoms with Gasteiger partial charge in [0.15, 0.2) is 0 Å². The first-order valence-corrected chi connectivity index (χ1v) is 5.70. The van der Waals surface area contributed by atoms with Crippen molar-refractivity contribution >= 4 is 5.69 Å². The van der Waals surface area contributed by atoms with Crippen LogP contribution in [-0.4, -0.2) is 12.0 Å². The van der Waals surface area contributed by atoms with E-state index in [-0.39, 0.29) is 5.82 Å². The molecule has 2 aromatic rings. The average molecular weight is 246 g/mol. The molecule has 0 aliphatic carbocycles. The standard InChI is InChI=1S/C14H15FN2O/c1-10-7-11(15)3-4-14(10)18-9-13-8-12(16-2)5-6-17-13/h3-8H,9H2,1-2H3,(H,16,17). The fraction of sp³-hybridized carbons (Fsp3) is 0.214. The lowest BCUT2D eigenvalue weighted by atomic mass is 10.2. The zero-order valence-corrected chi connectivity index (χ0v) is 10.4. The maximum atomic E-state index is 12.9. The Kier molecular flexibility index (Phi) is 3.77. The van der Waals surface area contributed by atoms with Crippen LogP contribution in [-0.2, 0) is 6.61 Å². The lowest BCUT2D eigenvalue weighted by Crippen LogP contribution is -2.00. The highest BCUT2D eigenvalue weighted by Crippen LogP contribution is 2.19. The van der Waals surface area contributed by atoms with Gasteiger partial charge in [-0.2, -0.15) is 0 Å². The summed E-state index contributed by atoms with van der Waals surface area (Å²) >= 11 is 0. The van der Waals surface area contributed by atoms with Gasteiger partial charge in [-0.25, -0.2) is 4.39 Å². The van der Waals surface area contributed by atoms with Crippen molar-refractivity contribution in [1.29, 1.82) is 0 Å². The monoisotopic (exact) mass is 246 g/mol. The molecule has 0 saturated carbocycles. The zero-order valence-electron chi connectivity index (χ0n) is 10.4. The molecule has 1 aromatic carbocycles. The van der Waals surface area contributed by atoms with Gasteiger partial charge >= 0.3 is 0 Å². The molecule has 0 unspecified atom stereocenters. The Labute approximate surface area is 106 Å². The minimum atomic E-state index is -0.254. The summed E-state index contributed by atoms with van der Waals surface area (Å²) in [4.78, 5) is 4.21. The van der Waals surface area contributed by atoms with Crippen LogP contribution < -0.4 is 10.1 Å². The van der Waals surface area contributed by atoms with E-state index >= 15 is 0 Å². The molecule has 3 nitrogen and oxygen atoms in total. The first-order chi connectivity index (χ1) is 8.69. The van der Waals surface area contributed by atoms with Crippen molar-refractivity contribution in [2.75, 3.05) is 12.4 Å². The number of nitrogens with one attached hydrogen (secondary N) is 1. The van der Waals surface area contributed by atoms with Gasteiger partial charge in [0.2, 0.25) is 0 Å². The van der Waals surface area contributed by atoms with Crippen molar-refractivity contribution in [3.05, 3.63) is 53.6 Å².